The van der Waals surface area contributed by atoms with Crippen molar-refractivity contribution >= 4 is 23.3 Å². The number of aromatic nitrogens is 2. The van der Waals surface area contributed by atoms with Gasteiger partial charge in [-0.1, -0.05) is 11.6 Å². The summed E-state index contributed by atoms with van der Waals surface area (Å²) in [5.74, 6) is 0.614. The molecule has 1 amide bonds. The molecule has 2 atom stereocenters. The van der Waals surface area contributed by atoms with Crippen LogP contribution < -0.4 is 10.6 Å². The average Bonchev–Trinajstić information content (AvgIpc) is 3.03. The van der Waals surface area contributed by atoms with Gasteiger partial charge in [0.2, 0.25) is 5.91 Å². The number of hydrogen-bond acceptors (Lipinski definition) is 4. The Labute approximate surface area is 116 Å². The minimum absolute atomic E-state index is 0.0525. The Kier molecular flexibility index (Phi) is 3.24. The zero-order chi connectivity index (χ0) is 13.5. The second-order valence-electron chi connectivity index (χ2n) is 5.13. The van der Waals surface area contributed by atoms with Crippen molar-refractivity contribution in [1.29, 1.82) is 0 Å². The van der Waals surface area contributed by atoms with Gasteiger partial charge in [-0.15, -0.1) is 0 Å². The summed E-state index contributed by atoms with van der Waals surface area (Å²) < 4.78 is 7.17. The molecule has 1 aromatic rings. The van der Waals surface area contributed by atoms with Gasteiger partial charge in [0.05, 0.1) is 18.6 Å². The number of ether oxygens (including phenoxy) is 1. The number of carbonyl (C=O) groups is 1. The third-order valence-electron chi connectivity index (χ3n) is 4.02. The average molecular weight is 285 g/mol. The van der Waals surface area contributed by atoms with E-state index in [0.29, 0.717) is 37.1 Å². The first-order chi connectivity index (χ1) is 9.15. The van der Waals surface area contributed by atoms with Crippen molar-refractivity contribution in [3.8, 4) is 0 Å². The van der Waals surface area contributed by atoms with Gasteiger partial charge < -0.3 is 15.4 Å². The fourth-order valence-corrected chi connectivity index (χ4v) is 2.98. The largest absolute Gasteiger partial charge is 0.380 e. The number of rotatable bonds is 3. The molecule has 0 unspecified atom stereocenters. The molecule has 3 heterocycles. The maximum Gasteiger partial charge on any atom is 0.235 e. The molecule has 3 rings (SSSR count). The minimum atomic E-state index is -0.473. The van der Waals surface area contributed by atoms with E-state index in [9.17, 15) is 4.79 Å². The van der Waals surface area contributed by atoms with E-state index in [2.05, 4.69) is 15.7 Å². The molecular weight excluding hydrogens is 268 g/mol. The Bertz CT molecular complexity index is 492. The summed E-state index contributed by atoms with van der Waals surface area (Å²) in [6, 6.07) is 0. The molecule has 1 aromatic heterocycles. The van der Waals surface area contributed by atoms with Crippen LogP contribution in [0.4, 0.5) is 5.82 Å². The highest BCUT2D eigenvalue weighted by Crippen LogP contribution is 2.38. The Balaban J connectivity index is 1.79. The van der Waals surface area contributed by atoms with Gasteiger partial charge in [-0.05, 0) is 6.92 Å². The van der Waals surface area contributed by atoms with Crippen LogP contribution in [0, 0.1) is 11.3 Å². The van der Waals surface area contributed by atoms with E-state index in [-0.39, 0.29) is 11.8 Å². The molecule has 2 aliphatic rings. The number of halogens is 1. The van der Waals surface area contributed by atoms with E-state index in [0.717, 1.165) is 6.54 Å². The molecule has 2 aliphatic heterocycles. The van der Waals surface area contributed by atoms with E-state index in [1.807, 2.05) is 6.92 Å². The second-order valence-corrected chi connectivity index (χ2v) is 5.54. The highest BCUT2D eigenvalue weighted by molar-refractivity contribution is 6.33. The van der Waals surface area contributed by atoms with E-state index < -0.39 is 5.41 Å². The Hall–Kier alpha value is -1.11. The number of nitrogens with zero attached hydrogens (tertiary/aromatic N) is 2. The summed E-state index contributed by atoms with van der Waals surface area (Å²) in [6.07, 6.45) is 1.71. The molecule has 2 fully saturated rings. The van der Waals surface area contributed by atoms with Crippen molar-refractivity contribution in [2.24, 2.45) is 11.3 Å². The summed E-state index contributed by atoms with van der Waals surface area (Å²) in [4.78, 5) is 12.5. The summed E-state index contributed by atoms with van der Waals surface area (Å²) in [7, 11) is 0. The summed E-state index contributed by atoms with van der Waals surface area (Å²) in [6.45, 7) is 5.25. The fourth-order valence-electron chi connectivity index (χ4n) is 2.79. The van der Waals surface area contributed by atoms with Gasteiger partial charge in [0.15, 0.2) is 5.82 Å². The third kappa shape index (κ3) is 2.04. The van der Waals surface area contributed by atoms with Crippen molar-refractivity contribution < 1.29 is 9.53 Å². The zero-order valence-electron chi connectivity index (χ0n) is 10.8. The van der Waals surface area contributed by atoms with Crippen LogP contribution in [-0.4, -0.2) is 42.0 Å². The monoisotopic (exact) mass is 284 g/mol. The van der Waals surface area contributed by atoms with Crippen molar-refractivity contribution in [3.05, 3.63) is 11.2 Å². The van der Waals surface area contributed by atoms with Gasteiger partial charge in [0, 0.05) is 31.7 Å². The van der Waals surface area contributed by atoms with Gasteiger partial charge in [0.25, 0.3) is 0 Å². The lowest BCUT2D eigenvalue weighted by Gasteiger charge is -2.24. The SMILES string of the molecule is CCn1cc(Cl)c(NC(=O)[C@]23CNC[C@H]2COC3)n1. The Morgan fingerprint density at radius 3 is 3.37 bits per heavy atom. The van der Waals surface area contributed by atoms with E-state index >= 15 is 0 Å². The summed E-state index contributed by atoms with van der Waals surface area (Å²) >= 11 is 6.07. The van der Waals surface area contributed by atoms with E-state index in [1.165, 1.54) is 0 Å². The van der Waals surface area contributed by atoms with Gasteiger partial charge in [-0.2, -0.15) is 5.10 Å². The topological polar surface area (TPSA) is 68.2 Å². The quantitative estimate of drug-likeness (QED) is 0.859. The number of carbonyl (C=O) groups excluding carboxylic acids is 1. The van der Waals surface area contributed by atoms with Crippen molar-refractivity contribution in [1.82, 2.24) is 15.1 Å². The standard InChI is InChI=1S/C12H17ClN4O2/c1-2-17-4-9(13)10(16-17)15-11(18)12-6-14-3-8(12)5-19-7-12/h4,8,14H,2-3,5-7H2,1H3,(H,15,16,18)/t8-,12-/m0/s1. The smallest absolute Gasteiger partial charge is 0.235 e. The van der Waals surface area contributed by atoms with Crippen molar-refractivity contribution in [2.75, 3.05) is 31.6 Å². The number of aryl methyl sites for hydroxylation is 1. The van der Waals surface area contributed by atoms with Crippen LogP contribution in [0.25, 0.3) is 0 Å². The van der Waals surface area contributed by atoms with Gasteiger partial charge in [-0.3, -0.25) is 9.48 Å². The molecule has 19 heavy (non-hydrogen) atoms. The number of hydrogen-bond donors (Lipinski definition) is 2. The molecule has 0 spiro atoms. The highest BCUT2D eigenvalue weighted by Gasteiger charge is 2.53. The normalized spacial score (nSPS) is 29.5. The predicted octanol–water partition coefficient (Wildman–Crippen LogP) is 0.731. The first-order valence-electron chi connectivity index (χ1n) is 6.48. The van der Waals surface area contributed by atoms with Gasteiger partial charge >= 0.3 is 0 Å². The Morgan fingerprint density at radius 1 is 1.79 bits per heavy atom. The third-order valence-corrected chi connectivity index (χ3v) is 4.29. The predicted molar refractivity (Wildman–Crippen MR) is 71.2 cm³/mol. The highest BCUT2D eigenvalue weighted by atomic mass is 35.5. The van der Waals surface area contributed by atoms with E-state index in [4.69, 9.17) is 16.3 Å². The second kappa shape index (κ2) is 4.77. The molecule has 104 valence electrons. The number of anilines is 1. The fraction of sp³-hybridized carbons (Fsp3) is 0.667. The minimum Gasteiger partial charge on any atom is -0.380 e. The molecule has 7 heteroatoms. The lowest BCUT2D eigenvalue weighted by atomic mass is 9.80. The number of nitrogens with one attached hydrogen (secondary N) is 2. The molecular formula is C12H17ClN4O2. The van der Waals surface area contributed by atoms with Crippen molar-refractivity contribution in [3.63, 3.8) is 0 Å². The van der Waals surface area contributed by atoms with Crippen LogP contribution in [0.3, 0.4) is 0 Å². The Morgan fingerprint density at radius 2 is 2.63 bits per heavy atom. The molecule has 0 radical (unpaired) electrons. The lowest BCUT2D eigenvalue weighted by Crippen LogP contribution is -2.42. The molecule has 0 bridgehead atoms. The van der Waals surface area contributed by atoms with Crippen LogP contribution in [0.2, 0.25) is 5.02 Å². The van der Waals surface area contributed by atoms with E-state index in [1.54, 1.807) is 10.9 Å². The molecule has 2 saturated heterocycles. The van der Waals surface area contributed by atoms with Crippen LogP contribution in [0.15, 0.2) is 6.20 Å². The van der Waals surface area contributed by atoms with Crippen molar-refractivity contribution in [2.45, 2.75) is 13.5 Å². The van der Waals surface area contributed by atoms with Crippen LogP contribution >= 0.6 is 11.6 Å². The summed E-state index contributed by atoms with van der Waals surface area (Å²) in [5.41, 5.74) is -0.473. The first kappa shape index (κ1) is 12.9. The molecule has 0 saturated carbocycles. The number of amides is 1. The lowest BCUT2D eigenvalue weighted by molar-refractivity contribution is -0.125. The van der Waals surface area contributed by atoms with Crippen LogP contribution in [-0.2, 0) is 16.1 Å². The molecule has 0 aromatic carbocycles. The van der Waals surface area contributed by atoms with Gasteiger partial charge in [-0.25, -0.2) is 0 Å². The summed E-state index contributed by atoms with van der Waals surface area (Å²) in [5, 5.41) is 10.8. The molecule has 2 N–H and O–H groups in total. The first-order valence-corrected chi connectivity index (χ1v) is 6.86. The maximum absolute atomic E-state index is 12.5. The molecule has 6 nitrogen and oxygen atoms in total. The number of fused-ring (bicyclic) bond motifs is 1. The van der Waals surface area contributed by atoms with Gasteiger partial charge in [0.1, 0.15) is 5.02 Å². The zero-order valence-corrected chi connectivity index (χ0v) is 11.5. The van der Waals surface area contributed by atoms with Crippen LogP contribution in [0.1, 0.15) is 6.92 Å². The maximum atomic E-state index is 12.5. The molecule has 0 aliphatic carbocycles. The van der Waals surface area contributed by atoms with Crippen LogP contribution in [0.5, 0.6) is 0 Å².